The van der Waals surface area contributed by atoms with Gasteiger partial charge in [-0.05, 0) is 44.9 Å². The van der Waals surface area contributed by atoms with E-state index in [0.29, 0.717) is 6.54 Å². The van der Waals surface area contributed by atoms with Crippen LogP contribution in [0, 0.1) is 13.8 Å². The Morgan fingerprint density at radius 3 is 2.69 bits per heavy atom. The topological polar surface area (TPSA) is 85.0 Å². The average Bonchev–Trinajstić information content (AvgIpc) is 3.33. The maximum Gasteiger partial charge on any atom is 0.191 e. The van der Waals surface area contributed by atoms with Crippen molar-refractivity contribution < 1.29 is 0 Å². The lowest BCUT2D eigenvalue weighted by Gasteiger charge is -2.12. The van der Waals surface area contributed by atoms with Gasteiger partial charge >= 0.3 is 0 Å². The monoisotopic (exact) mass is 508 g/mol. The molecule has 0 bridgehead atoms. The van der Waals surface area contributed by atoms with Crippen LogP contribution < -0.4 is 10.6 Å². The van der Waals surface area contributed by atoms with E-state index in [1.165, 1.54) is 5.69 Å². The Hall–Kier alpha value is -2.43. The molecule has 0 saturated carbocycles. The zero-order chi connectivity index (χ0) is 19.8. The van der Waals surface area contributed by atoms with Crippen LogP contribution in [0.4, 0.5) is 0 Å². The Balaban J connectivity index is 0.00000300. The van der Waals surface area contributed by atoms with Crippen LogP contribution in [0.1, 0.15) is 30.3 Å². The van der Waals surface area contributed by atoms with Gasteiger partial charge in [0, 0.05) is 43.9 Å². The highest BCUT2D eigenvalue weighted by Gasteiger charge is 2.02. The van der Waals surface area contributed by atoms with Gasteiger partial charge in [0.15, 0.2) is 5.96 Å². The number of aromatic nitrogens is 5. The molecule has 0 aliphatic carbocycles. The number of imidazole rings is 1. The highest BCUT2D eigenvalue weighted by molar-refractivity contribution is 14.0. The minimum Gasteiger partial charge on any atom is -0.357 e. The number of nitrogens with zero attached hydrogens (tertiary/aromatic N) is 6. The molecule has 0 atom stereocenters. The van der Waals surface area contributed by atoms with E-state index in [-0.39, 0.29) is 24.0 Å². The summed E-state index contributed by atoms with van der Waals surface area (Å²) < 4.78 is 3.93. The van der Waals surface area contributed by atoms with Gasteiger partial charge < -0.3 is 10.6 Å². The van der Waals surface area contributed by atoms with Crippen molar-refractivity contribution in [3.05, 3.63) is 60.1 Å². The van der Waals surface area contributed by atoms with Gasteiger partial charge in [-0.25, -0.2) is 15.0 Å². The van der Waals surface area contributed by atoms with Crippen LogP contribution in [0.15, 0.2) is 48.1 Å². The van der Waals surface area contributed by atoms with Crippen molar-refractivity contribution in [3.8, 4) is 5.82 Å². The van der Waals surface area contributed by atoms with Crippen molar-refractivity contribution >= 4 is 29.9 Å². The Labute approximate surface area is 188 Å². The summed E-state index contributed by atoms with van der Waals surface area (Å²) in [5.74, 6) is 1.66. The van der Waals surface area contributed by atoms with Gasteiger partial charge in [-0.3, -0.25) is 9.25 Å². The quantitative estimate of drug-likeness (QED) is 0.212. The molecule has 0 spiro atoms. The van der Waals surface area contributed by atoms with Crippen LogP contribution in [-0.2, 0) is 13.1 Å². The molecule has 0 unspecified atom stereocenters. The SMILES string of the molecule is CCNC(=NCc1ccc(-n2ccnc2)nc1)NCCCn1nc(C)cc1C.I. The van der Waals surface area contributed by atoms with Crippen LogP contribution in [0.25, 0.3) is 5.82 Å². The number of nitrogens with one attached hydrogen (secondary N) is 2. The molecular weight excluding hydrogens is 479 g/mol. The van der Waals surface area contributed by atoms with E-state index in [1.54, 1.807) is 12.5 Å². The van der Waals surface area contributed by atoms with Gasteiger partial charge in [-0.2, -0.15) is 5.10 Å². The summed E-state index contributed by atoms with van der Waals surface area (Å²) >= 11 is 0. The highest BCUT2D eigenvalue weighted by atomic mass is 127. The zero-order valence-corrected chi connectivity index (χ0v) is 19.5. The van der Waals surface area contributed by atoms with E-state index in [9.17, 15) is 0 Å². The van der Waals surface area contributed by atoms with E-state index in [0.717, 1.165) is 49.1 Å². The molecule has 0 amide bonds. The van der Waals surface area contributed by atoms with Gasteiger partial charge in [-0.15, -0.1) is 24.0 Å². The number of aliphatic imine (C=N–C) groups is 1. The summed E-state index contributed by atoms with van der Waals surface area (Å²) in [6.45, 7) is 9.30. The molecule has 0 aromatic carbocycles. The average molecular weight is 508 g/mol. The number of guanidine groups is 1. The van der Waals surface area contributed by atoms with Crippen molar-refractivity contribution in [2.45, 2.75) is 40.3 Å². The predicted octanol–water partition coefficient (Wildman–Crippen LogP) is 2.84. The Morgan fingerprint density at radius 1 is 1.21 bits per heavy atom. The smallest absolute Gasteiger partial charge is 0.191 e. The summed E-state index contributed by atoms with van der Waals surface area (Å²) in [4.78, 5) is 13.2. The maximum absolute atomic E-state index is 4.66. The first-order chi connectivity index (χ1) is 13.7. The molecule has 3 aromatic heterocycles. The number of halogens is 1. The van der Waals surface area contributed by atoms with Crippen molar-refractivity contribution in [2.24, 2.45) is 4.99 Å². The Bertz CT molecular complexity index is 884. The van der Waals surface area contributed by atoms with Gasteiger partial charge in [0.2, 0.25) is 0 Å². The second kappa shape index (κ2) is 11.5. The fourth-order valence-corrected chi connectivity index (χ4v) is 2.91. The molecular formula is C20H29IN8. The molecule has 2 N–H and O–H groups in total. The van der Waals surface area contributed by atoms with E-state index in [1.807, 2.05) is 36.0 Å². The minimum absolute atomic E-state index is 0. The van der Waals surface area contributed by atoms with E-state index in [2.05, 4.69) is 55.3 Å². The summed E-state index contributed by atoms with van der Waals surface area (Å²) in [5, 5.41) is 11.2. The van der Waals surface area contributed by atoms with E-state index >= 15 is 0 Å². The first kappa shape index (κ1) is 22.9. The first-order valence-electron chi connectivity index (χ1n) is 9.62. The maximum atomic E-state index is 4.66. The van der Waals surface area contributed by atoms with Crippen LogP contribution in [0.5, 0.6) is 0 Å². The van der Waals surface area contributed by atoms with Crippen LogP contribution in [0.2, 0.25) is 0 Å². The molecule has 0 radical (unpaired) electrons. The lowest BCUT2D eigenvalue weighted by molar-refractivity contribution is 0.555. The zero-order valence-electron chi connectivity index (χ0n) is 17.2. The number of aryl methyl sites for hydroxylation is 3. The summed E-state index contributed by atoms with van der Waals surface area (Å²) in [5.41, 5.74) is 3.32. The van der Waals surface area contributed by atoms with Gasteiger partial charge in [-0.1, -0.05) is 6.07 Å². The molecule has 0 aliphatic heterocycles. The molecule has 0 saturated heterocycles. The van der Waals surface area contributed by atoms with Gasteiger partial charge in [0.05, 0.1) is 12.2 Å². The predicted molar refractivity (Wildman–Crippen MR) is 126 cm³/mol. The third-order valence-electron chi connectivity index (χ3n) is 4.28. The largest absolute Gasteiger partial charge is 0.357 e. The molecule has 29 heavy (non-hydrogen) atoms. The number of hydrogen-bond donors (Lipinski definition) is 2. The van der Waals surface area contributed by atoms with Crippen molar-refractivity contribution in [1.29, 1.82) is 0 Å². The number of pyridine rings is 1. The lowest BCUT2D eigenvalue weighted by atomic mass is 10.3. The fraction of sp³-hybridized carbons (Fsp3) is 0.400. The summed E-state index contributed by atoms with van der Waals surface area (Å²) in [6.07, 6.45) is 8.18. The normalized spacial score (nSPS) is 11.2. The van der Waals surface area contributed by atoms with Crippen molar-refractivity contribution in [3.63, 3.8) is 0 Å². The van der Waals surface area contributed by atoms with Crippen molar-refractivity contribution in [1.82, 2.24) is 34.9 Å². The lowest BCUT2D eigenvalue weighted by Crippen LogP contribution is -2.38. The molecule has 3 rings (SSSR count). The first-order valence-corrected chi connectivity index (χ1v) is 9.62. The fourth-order valence-electron chi connectivity index (χ4n) is 2.91. The third-order valence-corrected chi connectivity index (χ3v) is 4.28. The Morgan fingerprint density at radius 2 is 2.07 bits per heavy atom. The van der Waals surface area contributed by atoms with Crippen LogP contribution in [-0.4, -0.2) is 43.4 Å². The molecule has 0 fully saturated rings. The molecule has 3 aromatic rings. The number of hydrogen-bond acceptors (Lipinski definition) is 4. The molecule has 3 heterocycles. The highest BCUT2D eigenvalue weighted by Crippen LogP contribution is 2.06. The second-order valence-electron chi connectivity index (χ2n) is 6.62. The standard InChI is InChI=1S/C20H28N8.HI/c1-4-22-20(23-8-5-10-28-17(3)12-16(2)26-28)25-14-18-6-7-19(24-13-18)27-11-9-21-15-27;/h6-7,9,11-13,15H,4-5,8,10,14H2,1-3H3,(H2,22,23,25);1H. The Kier molecular flexibility index (Phi) is 9.10. The minimum atomic E-state index is 0. The number of rotatable bonds is 8. The summed E-state index contributed by atoms with van der Waals surface area (Å²) in [6, 6.07) is 6.12. The van der Waals surface area contributed by atoms with E-state index in [4.69, 9.17) is 0 Å². The molecule has 156 valence electrons. The van der Waals surface area contributed by atoms with Crippen LogP contribution >= 0.6 is 24.0 Å². The molecule has 9 heteroatoms. The third kappa shape index (κ3) is 6.84. The van der Waals surface area contributed by atoms with Crippen LogP contribution in [0.3, 0.4) is 0 Å². The summed E-state index contributed by atoms with van der Waals surface area (Å²) in [7, 11) is 0. The van der Waals surface area contributed by atoms with Crippen molar-refractivity contribution in [2.75, 3.05) is 13.1 Å². The molecule has 8 nitrogen and oxygen atoms in total. The van der Waals surface area contributed by atoms with Gasteiger partial charge in [0.25, 0.3) is 0 Å². The second-order valence-corrected chi connectivity index (χ2v) is 6.62. The van der Waals surface area contributed by atoms with Gasteiger partial charge in [0.1, 0.15) is 12.1 Å². The van der Waals surface area contributed by atoms with E-state index < -0.39 is 0 Å². The molecule has 0 aliphatic rings.